The molecule has 0 aliphatic carbocycles. The number of aliphatic hydroxyl groups is 1. The number of allylic oxidation sites excluding steroid dienone is 2. The molecule has 0 amide bonds. The molecule has 0 spiro atoms. The van der Waals surface area contributed by atoms with E-state index in [9.17, 15) is 0 Å². The van der Waals surface area contributed by atoms with Gasteiger partial charge in [-0.25, -0.2) is 0 Å². The summed E-state index contributed by atoms with van der Waals surface area (Å²) in [5, 5.41) is 8.65. The molecule has 0 fully saturated rings. The molecule has 0 aromatic rings. The van der Waals surface area contributed by atoms with Crippen molar-refractivity contribution < 1.29 is 5.11 Å². The van der Waals surface area contributed by atoms with Crippen LogP contribution in [0.25, 0.3) is 0 Å². The Morgan fingerprint density at radius 1 is 1.38 bits per heavy atom. The van der Waals surface area contributed by atoms with Crippen LogP contribution in [-0.2, 0) is 0 Å². The second-order valence-electron chi connectivity index (χ2n) is 2.26. The first-order chi connectivity index (χ1) is 3.63. The summed E-state index contributed by atoms with van der Waals surface area (Å²) in [4.78, 5) is 0. The standard InChI is InChI=1S/C7H13O/c1-6(2)4-5-7(3)8/h5,8H,4H2,1-3H3/b7-5-. The summed E-state index contributed by atoms with van der Waals surface area (Å²) in [5.41, 5.74) is 0. The minimum Gasteiger partial charge on any atom is -0.513 e. The van der Waals surface area contributed by atoms with Crippen LogP contribution in [0.4, 0.5) is 0 Å². The van der Waals surface area contributed by atoms with Crippen LogP contribution < -0.4 is 0 Å². The molecule has 1 heteroatoms. The minimum atomic E-state index is 0.409. The summed E-state index contributed by atoms with van der Waals surface area (Å²) < 4.78 is 0. The first kappa shape index (κ1) is 7.54. The monoisotopic (exact) mass is 113 g/mol. The van der Waals surface area contributed by atoms with Crippen molar-refractivity contribution in [2.45, 2.75) is 27.2 Å². The van der Waals surface area contributed by atoms with E-state index in [4.69, 9.17) is 5.11 Å². The third-order valence-electron chi connectivity index (χ3n) is 0.806. The molecule has 0 heterocycles. The molecule has 0 rings (SSSR count). The molecule has 0 aromatic heterocycles. The van der Waals surface area contributed by atoms with Crippen LogP contribution in [0, 0.1) is 5.92 Å². The highest BCUT2D eigenvalue weighted by Crippen LogP contribution is 2.03. The Morgan fingerprint density at radius 3 is 2.00 bits per heavy atom. The molecule has 0 saturated carbocycles. The normalized spacial score (nSPS) is 12.8. The van der Waals surface area contributed by atoms with Gasteiger partial charge in [0.2, 0.25) is 0 Å². The van der Waals surface area contributed by atoms with Gasteiger partial charge in [-0.05, 0) is 25.3 Å². The summed E-state index contributed by atoms with van der Waals surface area (Å²) in [6, 6.07) is 0. The molecule has 0 aliphatic heterocycles. The fraction of sp³-hybridized carbons (Fsp3) is 0.571. The molecule has 47 valence electrons. The van der Waals surface area contributed by atoms with Gasteiger partial charge < -0.3 is 5.11 Å². The van der Waals surface area contributed by atoms with Gasteiger partial charge in [0.25, 0.3) is 0 Å². The van der Waals surface area contributed by atoms with Crippen molar-refractivity contribution in [3.63, 3.8) is 0 Å². The highest BCUT2D eigenvalue weighted by atomic mass is 16.3. The van der Waals surface area contributed by atoms with Gasteiger partial charge in [0.05, 0.1) is 5.76 Å². The Hall–Kier alpha value is -0.460. The summed E-state index contributed by atoms with van der Waals surface area (Å²) in [5.74, 6) is 1.73. The van der Waals surface area contributed by atoms with Gasteiger partial charge in [0.15, 0.2) is 0 Å². The van der Waals surface area contributed by atoms with Gasteiger partial charge in [-0.3, -0.25) is 0 Å². The van der Waals surface area contributed by atoms with E-state index in [2.05, 4.69) is 0 Å². The zero-order chi connectivity index (χ0) is 6.57. The number of hydrogen-bond donors (Lipinski definition) is 1. The fourth-order valence-corrected chi connectivity index (χ4v) is 0.352. The third-order valence-corrected chi connectivity index (χ3v) is 0.806. The average Bonchev–Trinajstić information content (AvgIpc) is 1.61. The van der Waals surface area contributed by atoms with E-state index >= 15 is 0 Å². The Bertz CT molecular complexity index is 78.4. The summed E-state index contributed by atoms with van der Waals surface area (Å²) in [7, 11) is 0. The van der Waals surface area contributed by atoms with Gasteiger partial charge in [-0.2, -0.15) is 0 Å². The van der Waals surface area contributed by atoms with Gasteiger partial charge in [0, 0.05) is 0 Å². The van der Waals surface area contributed by atoms with Gasteiger partial charge in [-0.15, -0.1) is 0 Å². The van der Waals surface area contributed by atoms with Gasteiger partial charge >= 0.3 is 0 Å². The van der Waals surface area contributed by atoms with Crippen LogP contribution in [0.3, 0.4) is 0 Å². The zero-order valence-electron chi connectivity index (χ0n) is 5.73. The lowest BCUT2D eigenvalue weighted by molar-refractivity contribution is 0.411. The highest BCUT2D eigenvalue weighted by Gasteiger charge is 1.88. The first-order valence-corrected chi connectivity index (χ1v) is 2.77. The topological polar surface area (TPSA) is 20.2 Å². The average molecular weight is 113 g/mol. The molecule has 1 radical (unpaired) electrons. The first-order valence-electron chi connectivity index (χ1n) is 2.77. The zero-order valence-corrected chi connectivity index (χ0v) is 5.73. The van der Waals surface area contributed by atoms with Crippen molar-refractivity contribution in [3.05, 3.63) is 17.8 Å². The van der Waals surface area contributed by atoms with E-state index in [0.717, 1.165) is 6.42 Å². The molecule has 0 saturated heterocycles. The predicted octanol–water partition coefficient (Wildman–Crippen LogP) is 2.45. The van der Waals surface area contributed by atoms with Crippen molar-refractivity contribution in [2.75, 3.05) is 0 Å². The van der Waals surface area contributed by atoms with Crippen molar-refractivity contribution >= 4 is 0 Å². The second kappa shape index (κ2) is 3.53. The largest absolute Gasteiger partial charge is 0.513 e. The maximum Gasteiger partial charge on any atom is 0.0852 e. The van der Waals surface area contributed by atoms with Crippen molar-refractivity contribution in [1.82, 2.24) is 0 Å². The van der Waals surface area contributed by atoms with Crippen LogP contribution in [0.5, 0.6) is 0 Å². The van der Waals surface area contributed by atoms with Crippen LogP contribution in [0.15, 0.2) is 11.8 Å². The summed E-state index contributed by atoms with van der Waals surface area (Å²) >= 11 is 0. The number of aliphatic hydroxyl groups excluding tert-OH is 1. The Morgan fingerprint density at radius 2 is 1.88 bits per heavy atom. The highest BCUT2D eigenvalue weighted by molar-refractivity contribution is 4.94. The maximum absolute atomic E-state index is 8.65. The molecule has 0 bridgehead atoms. The van der Waals surface area contributed by atoms with Crippen LogP contribution >= 0.6 is 0 Å². The SMILES string of the molecule is C[C](C)C/C=C(/C)O. The lowest BCUT2D eigenvalue weighted by atomic mass is 10.1. The molecule has 1 N–H and O–H groups in total. The number of rotatable bonds is 2. The quantitative estimate of drug-likeness (QED) is 0.545. The Balaban J connectivity index is 3.29. The minimum absolute atomic E-state index is 0.409. The maximum atomic E-state index is 8.65. The van der Waals surface area contributed by atoms with Crippen LogP contribution in [0.1, 0.15) is 27.2 Å². The second-order valence-corrected chi connectivity index (χ2v) is 2.26. The van der Waals surface area contributed by atoms with Crippen LogP contribution in [-0.4, -0.2) is 5.11 Å². The summed E-state index contributed by atoms with van der Waals surface area (Å²) in [6.45, 7) is 5.77. The van der Waals surface area contributed by atoms with E-state index in [-0.39, 0.29) is 0 Å². The van der Waals surface area contributed by atoms with E-state index in [0.29, 0.717) is 5.76 Å². The molecule has 8 heavy (non-hydrogen) atoms. The van der Waals surface area contributed by atoms with E-state index < -0.39 is 0 Å². The molecular weight excluding hydrogens is 100 g/mol. The predicted molar refractivity (Wildman–Crippen MR) is 35.6 cm³/mol. The lowest BCUT2D eigenvalue weighted by Gasteiger charge is -1.95. The van der Waals surface area contributed by atoms with Crippen molar-refractivity contribution in [2.24, 2.45) is 0 Å². The van der Waals surface area contributed by atoms with Gasteiger partial charge in [-0.1, -0.05) is 13.8 Å². The molecule has 1 nitrogen and oxygen atoms in total. The molecule has 0 aliphatic rings. The molecule has 0 aromatic carbocycles. The van der Waals surface area contributed by atoms with E-state index in [1.807, 2.05) is 13.8 Å². The summed E-state index contributed by atoms with van der Waals surface area (Å²) in [6.07, 6.45) is 2.69. The molecular formula is C7H13O. The lowest BCUT2D eigenvalue weighted by Crippen LogP contribution is -1.80. The van der Waals surface area contributed by atoms with Crippen LogP contribution in [0.2, 0.25) is 0 Å². The smallest absolute Gasteiger partial charge is 0.0852 e. The number of hydrogen-bond acceptors (Lipinski definition) is 1. The fourth-order valence-electron chi connectivity index (χ4n) is 0.352. The molecule has 0 atom stereocenters. The van der Waals surface area contributed by atoms with Crippen molar-refractivity contribution in [1.29, 1.82) is 0 Å². The Labute approximate surface area is 51.0 Å². The third kappa shape index (κ3) is 5.54. The van der Waals surface area contributed by atoms with E-state index in [1.54, 1.807) is 13.0 Å². The van der Waals surface area contributed by atoms with E-state index in [1.165, 1.54) is 5.92 Å². The molecule has 0 unspecified atom stereocenters. The van der Waals surface area contributed by atoms with Gasteiger partial charge in [0.1, 0.15) is 0 Å². The van der Waals surface area contributed by atoms with Crippen molar-refractivity contribution in [3.8, 4) is 0 Å². The Kier molecular flexibility index (Phi) is 3.33.